The lowest BCUT2D eigenvalue weighted by Gasteiger charge is -2.35. The Hall–Kier alpha value is -5.04. The predicted molar refractivity (Wildman–Crippen MR) is 155 cm³/mol. The zero-order chi connectivity index (χ0) is 27.7. The van der Waals surface area contributed by atoms with E-state index in [0.29, 0.717) is 34.1 Å². The normalized spacial score (nSPS) is 11.9. The Morgan fingerprint density at radius 2 is 1.15 bits per heavy atom. The van der Waals surface area contributed by atoms with Crippen LogP contribution in [-0.4, -0.2) is 26.0 Å². The van der Waals surface area contributed by atoms with Crippen LogP contribution >= 0.6 is 0 Å². The molecule has 0 spiro atoms. The number of nitrogens with one attached hydrogen (secondary N) is 3. The summed E-state index contributed by atoms with van der Waals surface area (Å²) in [6.45, 7) is 4.08. The third-order valence-electron chi connectivity index (χ3n) is 6.28. The molecule has 0 radical (unpaired) electrons. The fourth-order valence-electron chi connectivity index (χ4n) is 4.18. The van der Waals surface area contributed by atoms with Gasteiger partial charge in [-0.1, -0.05) is 55.1 Å². The lowest BCUT2D eigenvalue weighted by atomic mass is 9.82. The maximum absolute atomic E-state index is 14.2. The molecule has 0 fully saturated rings. The average molecular weight is 522 g/mol. The van der Waals surface area contributed by atoms with Crippen molar-refractivity contribution in [2.45, 2.75) is 12.0 Å². The van der Waals surface area contributed by atoms with Gasteiger partial charge in [0.05, 0.1) is 14.2 Å². The molecule has 0 bridgehead atoms. The molecule has 0 heterocycles. The van der Waals surface area contributed by atoms with E-state index < -0.39 is 5.54 Å². The number of carbonyl (C=O) groups excluding carboxylic acids is 2. The van der Waals surface area contributed by atoms with Gasteiger partial charge < -0.3 is 25.4 Å². The number of benzene rings is 4. The lowest BCUT2D eigenvalue weighted by Crippen LogP contribution is -2.48. The number of para-hydroxylation sites is 2. The molecule has 1 unspecified atom stereocenters. The van der Waals surface area contributed by atoms with Crippen molar-refractivity contribution < 1.29 is 19.1 Å². The number of hydrogen-bond acceptors (Lipinski definition) is 5. The first kappa shape index (κ1) is 27.0. The molecule has 2 amide bonds. The van der Waals surface area contributed by atoms with Crippen LogP contribution < -0.4 is 25.4 Å². The summed E-state index contributed by atoms with van der Waals surface area (Å²) in [6, 6.07) is 32.7. The number of hydrogen-bond donors (Lipinski definition) is 3. The largest absolute Gasteiger partial charge is 0.497 e. The van der Waals surface area contributed by atoms with Crippen molar-refractivity contribution in [3.63, 3.8) is 0 Å². The highest BCUT2D eigenvalue weighted by molar-refractivity contribution is 6.06. The Labute approximate surface area is 228 Å². The van der Waals surface area contributed by atoms with Gasteiger partial charge in [0.1, 0.15) is 17.0 Å². The van der Waals surface area contributed by atoms with Crippen molar-refractivity contribution >= 4 is 28.9 Å². The molecule has 7 heteroatoms. The second-order valence-corrected chi connectivity index (χ2v) is 8.91. The fraction of sp³-hybridized carbons (Fsp3) is 0.125. The van der Waals surface area contributed by atoms with Crippen LogP contribution in [0.5, 0.6) is 11.5 Å². The fourth-order valence-corrected chi connectivity index (χ4v) is 4.18. The Bertz CT molecular complexity index is 1410. The summed E-state index contributed by atoms with van der Waals surface area (Å²) in [5.41, 5.74) is 1.35. The van der Waals surface area contributed by atoms with Crippen molar-refractivity contribution in [2.24, 2.45) is 0 Å². The van der Waals surface area contributed by atoms with Crippen LogP contribution in [-0.2, 0) is 15.1 Å². The van der Waals surface area contributed by atoms with E-state index >= 15 is 0 Å². The minimum atomic E-state index is -1.41. The van der Waals surface area contributed by atoms with Gasteiger partial charge in [-0.15, -0.1) is 0 Å². The van der Waals surface area contributed by atoms with Crippen LogP contribution in [0, 0.1) is 0 Å². The minimum absolute atomic E-state index is 0.0251. The van der Waals surface area contributed by atoms with E-state index in [1.807, 2.05) is 60.7 Å². The molecule has 1 atom stereocenters. The van der Waals surface area contributed by atoms with Gasteiger partial charge in [-0.25, -0.2) is 0 Å². The van der Waals surface area contributed by atoms with Gasteiger partial charge >= 0.3 is 0 Å². The van der Waals surface area contributed by atoms with Crippen LogP contribution in [0.25, 0.3) is 0 Å². The lowest BCUT2D eigenvalue weighted by molar-refractivity contribution is -0.120. The highest BCUT2D eigenvalue weighted by Gasteiger charge is 2.42. The molecule has 0 aliphatic heterocycles. The highest BCUT2D eigenvalue weighted by atomic mass is 16.5. The molecule has 0 aliphatic rings. The quantitative estimate of drug-likeness (QED) is 0.204. The second-order valence-electron chi connectivity index (χ2n) is 8.91. The second kappa shape index (κ2) is 12.5. The van der Waals surface area contributed by atoms with Crippen molar-refractivity contribution in [1.82, 2.24) is 0 Å². The molecule has 198 valence electrons. The van der Waals surface area contributed by atoms with Crippen LogP contribution in [0.4, 0.5) is 17.1 Å². The summed E-state index contributed by atoms with van der Waals surface area (Å²) in [5.74, 6) is 0.573. The topological polar surface area (TPSA) is 88.7 Å². The van der Waals surface area contributed by atoms with Gasteiger partial charge in [-0.05, 0) is 66.2 Å². The van der Waals surface area contributed by atoms with Crippen molar-refractivity contribution in [3.8, 4) is 11.5 Å². The molecule has 4 rings (SSSR count). The number of methoxy groups -OCH3 is 2. The Morgan fingerprint density at radius 3 is 1.67 bits per heavy atom. The maximum atomic E-state index is 14.2. The first-order chi connectivity index (χ1) is 18.9. The maximum Gasteiger partial charge on any atom is 0.255 e. The molecule has 0 saturated heterocycles. The van der Waals surface area contributed by atoms with Crippen LogP contribution in [0.3, 0.4) is 0 Å². The highest BCUT2D eigenvalue weighted by Crippen LogP contribution is 2.36. The molecule has 4 aromatic rings. The van der Waals surface area contributed by atoms with E-state index in [4.69, 9.17) is 9.47 Å². The van der Waals surface area contributed by atoms with Crippen molar-refractivity contribution in [1.29, 1.82) is 0 Å². The molecule has 39 heavy (non-hydrogen) atoms. The number of anilines is 3. The molecule has 7 nitrogen and oxygen atoms in total. The first-order valence-corrected chi connectivity index (χ1v) is 12.4. The van der Waals surface area contributed by atoms with Crippen LogP contribution in [0.2, 0.25) is 0 Å². The van der Waals surface area contributed by atoms with Gasteiger partial charge in [0.15, 0.2) is 0 Å². The van der Waals surface area contributed by atoms with Gasteiger partial charge in [-0.3, -0.25) is 9.59 Å². The zero-order valence-electron chi connectivity index (χ0n) is 21.9. The van der Waals surface area contributed by atoms with E-state index in [1.165, 1.54) is 0 Å². The molecule has 3 N–H and O–H groups in total. The molecular weight excluding hydrogens is 490 g/mol. The summed E-state index contributed by atoms with van der Waals surface area (Å²) in [5, 5.41) is 9.30. The Morgan fingerprint density at radius 1 is 0.667 bits per heavy atom. The molecule has 0 aliphatic carbocycles. The van der Waals surface area contributed by atoms with Gasteiger partial charge in [0.2, 0.25) is 0 Å². The summed E-state index contributed by atoms with van der Waals surface area (Å²) < 4.78 is 10.7. The molecular formula is C32H31N3O4. The van der Waals surface area contributed by atoms with Crippen molar-refractivity contribution in [3.05, 3.63) is 127 Å². The SMILES string of the molecule is C=C(CC(Nc1ccc(OC)cc1)(C(=O)Nc1ccccc1)c1ccc(OC)cc1)C(=O)Nc1ccccc1. The third kappa shape index (κ3) is 6.64. The monoisotopic (exact) mass is 521 g/mol. The van der Waals surface area contributed by atoms with Crippen molar-refractivity contribution in [2.75, 3.05) is 30.2 Å². The van der Waals surface area contributed by atoms with E-state index in [1.54, 1.807) is 62.8 Å². The van der Waals surface area contributed by atoms with Gasteiger partial charge in [0.25, 0.3) is 11.8 Å². The number of amides is 2. The number of ether oxygens (including phenoxy) is 2. The summed E-state index contributed by atoms with van der Waals surface area (Å²) in [4.78, 5) is 27.5. The summed E-state index contributed by atoms with van der Waals surface area (Å²) in [7, 11) is 3.17. The smallest absolute Gasteiger partial charge is 0.255 e. The van der Waals surface area contributed by atoms with E-state index in [-0.39, 0.29) is 23.8 Å². The standard InChI is InChI=1S/C32H31N3O4/c1-23(30(36)33-25-10-6-4-7-11-25)22-32(24-14-18-28(38-2)19-15-24,31(37)34-26-12-8-5-9-13-26)35-27-16-20-29(39-3)21-17-27/h4-21,35H,1,22H2,2-3H3,(H,33,36)(H,34,37). The Balaban J connectivity index is 1.77. The van der Waals surface area contributed by atoms with Gasteiger partial charge in [0, 0.05) is 29.1 Å². The zero-order valence-corrected chi connectivity index (χ0v) is 21.9. The first-order valence-electron chi connectivity index (χ1n) is 12.4. The number of carbonyl (C=O) groups is 2. The third-order valence-corrected chi connectivity index (χ3v) is 6.28. The van der Waals surface area contributed by atoms with E-state index in [9.17, 15) is 9.59 Å². The van der Waals surface area contributed by atoms with E-state index in [2.05, 4.69) is 22.5 Å². The minimum Gasteiger partial charge on any atom is -0.497 e. The summed E-state index contributed by atoms with van der Waals surface area (Å²) >= 11 is 0. The van der Waals surface area contributed by atoms with Crippen LogP contribution in [0.1, 0.15) is 12.0 Å². The molecule has 0 saturated carbocycles. The van der Waals surface area contributed by atoms with Crippen LogP contribution in [0.15, 0.2) is 121 Å². The molecule has 0 aromatic heterocycles. The average Bonchev–Trinajstić information content (AvgIpc) is 2.98. The van der Waals surface area contributed by atoms with Gasteiger partial charge in [-0.2, -0.15) is 0 Å². The summed E-state index contributed by atoms with van der Waals surface area (Å²) in [6.07, 6.45) is -0.0251. The molecule has 4 aromatic carbocycles. The predicted octanol–water partition coefficient (Wildman–Crippen LogP) is 6.23. The Kier molecular flexibility index (Phi) is 8.64. The van der Waals surface area contributed by atoms with E-state index in [0.717, 1.165) is 0 Å². The number of rotatable bonds is 11.